The minimum Gasteiger partial charge on any atom is -0.298 e. The highest BCUT2D eigenvalue weighted by atomic mass is 16.1. The van der Waals surface area contributed by atoms with Gasteiger partial charge in [0.05, 0.1) is 6.54 Å². The fourth-order valence-electron chi connectivity index (χ4n) is 1.15. The van der Waals surface area contributed by atoms with Crippen molar-refractivity contribution in [1.29, 1.82) is 0 Å². The molecule has 0 unspecified atom stereocenters. The molecule has 0 aromatic heterocycles. The highest BCUT2D eigenvalue weighted by molar-refractivity contribution is 5.80. The molecule has 2 nitrogen and oxygen atoms in total. The SMILES string of the molecule is CCCC(=O)CN1CCC1. The molecule has 0 spiro atoms. The van der Waals surface area contributed by atoms with E-state index in [1.54, 1.807) is 0 Å². The molecule has 0 aromatic rings. The van der Waals surface area contributed by atoms with Gasteiger partial charge in [0.15, 0.2) is 0 Å². The lowest BCUT2D eigenvalue weighted by atomic mass is 10.1. The third-order valence-electron chi connectivity index (χ3n) is 1.88. The van der Waals surface area contributed by atoms with Gasteiger partial charge in [0.2, 0.25) is 0 Å². The average Bonchev–Trinajstić information content (AvgIpc) is 1.80. The molecule has 10 heavy (non-hydrogen) atoms. The number of hydrogen-bond acceptors (Lipinski definition) is 2. The monoisotopic (exact) mass is 141 g/mol. The van der Waals surface area contributed by atoms with Gasteiger partial charge in [-0.1, -0.05) is 6.92 Å². The molecule has 1 aliphatic rings. The van der Waals surface area contributed by atoms with Gasteiger partial charge in [0.25, 0.3) is 0 Å². The Kier molecular flexibility index (Phi) is 2.87. The summed E-state index contributed by atoms with van der Waals surface area (Å²) in [6.45, 7) is 5.02. The Labute approximate surface area is 62.2 Å². The normalized spacial score (nSPS) is 18.5. The van der Waals surface area contributed by atoms with Crippen molar-refractivity contribution in [3.8, 4) is 0 Å². The van der Waals surface area contributed by atoms with E-state index in [4.69, 9.17) is 0 Å². The zero-order valence-corrected chi connectivity index (χ0v) is 6.60. The Morgan fingerprint density at radius 1 is 1.50 bits per heavy atom. The summed E-state index contributed by atoms with van der Waals surface area (Å²) in [4.78, 5) is 13.2. The first-order chi connectivity index (χ1) is 4.83. The van der Waals surface area contributed by atoms with Crippen LogP contribution in [0.15, 0.2) is 0 Å². The van der Waals surface area contributed by atoms with Crippen molar-refractivity contribution in [1.82, 2.24) is 4.90 Å². The van der Waals surface area contributed by atoms with Crippen LogP contribution in [0.25, 0.3) is 0 Å². The molecule has 1 heterocycles. The quantitative estimate of drug-likeness (QED) is 0.583. The van der Waals surface area contributed by atoms with Crippen molar-refractivity contribution >= 4 is 5.78 Å². The molecule has 0 atom stereocenters. The molecule has 1 fully saturated rings. The zero-order valence-electron chi connectivity index (χ0n) is 6.60. The van der Waals surface area contributed by atoms with E-state index in [0.717, 1.165) is 25.9 Å². The van der Waals surface area contributed by atoms with Crippen LogP contribution in [0.4, 0.5) is 0 Å². The van der Waals surface area contributed by atoms with Crippen LogP contribution in [-0.4, -0.2) is 30.3 Å². The van der Waals surface area contributed by atoms with Crippen molar-refractivity contribution in [3.63, 3.8) is 0 Å². The van der Waals surface area contributed by atoms with Gasteiger partial charge in [-0.25, -0.2) is 0 Å². The van der Waals surface area contributed by atoms with Crippen molar-refractivity contribution in [2.75, 3.05) is 19.6 Å². The summed E-state index contributed by atoms with van der Waals surface area (Å²) in [6, 6.07) is 0. The Hall–Kier alpha value is -0.370. The van der Waals surface area contributed by atoms with Crippen LogP contribution < -0.4 is 0 Å². The second kappa shape index (κ2) is 3.71. The Morgan fingerprint density at radius 3 is 2.60 bits per heavy atom. The van der Waals surface area contributed by atoms with E-state index < -0.39 is 0 Å². The van der Waals surface area contributed by atoms with Gasteiger partial charge in [0, 0.05) is 6.42 Å². The summed E-state index contributed by atoms with van der Waals surface area (Å²) in [6.07, 6.45) is 3.03. The van der Waals surface area contributed by atoms with E-state index >= 15 is 0 Å². The molecule has 0 N–H and O–H groups in total. The first-order valence-corrected chi connectivity index (χ1v) is 4.07. The maximum Gasteiger partial charge on any atom is 0.146 e. The fourth-order valence-corrected chi connectivity index (χ4v) is 1.15. The summed E-state index contributed by atoms with van der Waals surface area (Å²) in [7, 11) is 0. The highest BCUT2D eigenvalue weighted by Gasteiger charge is 2.15. The van der Waals surface area contributed by atoms with Gasteiger partial charge in [-0.2, -0.15) is 0 Å². The number of rotatable bonds is 4. The Balaban J connectivity index is 2.05. The van der Waals surface area contributed by atoms with Crippen LogP contribution in [0.2, 0.25) is 0 Å². The van der Waals surface area contributed by atoms with E-state index in [-0.39, 0.29) is 0 Å². The van der Waals surface area contributed by atoms with Crippen LogP contribution >= 0.6 is 0 Å². The number of ketones is 1. The van der Waals surface area contributed by atoms with E-state index in [0.29, 0.717) is 12.3 Å². The van der Waals surface area contributed by atoms with Crippen LogP contribution in [0.3, 0.4) is 0 Å². The number of hydrogen-bond donors (Lipinski definition) is 0. The van der Waals surface area contributed by atoms with Crippen molar-refractivity contribution in [3.05, 3.63) is 0 Å². The Morgan fingerprint density at radius 2 is 2.20 bits per heavy atom. The maximum absolute atomic E-state index is 11.0. The molecule has 58 valence electrons. The predicted octanol–water partition coefficient (Wildman–Crippen LogP) is 1.06. The molecular formula is C8H15NO. The lowest BCUT2D eigenvalue weighted by Crippen LogP contribution is -2.40. The van der Waals surface area contributed by atoms with Gasteiger partial charge >= 0.3 is 0 Å². The standard InChI is InChI=1S/C8H15NO/c1-2-4-8(10)7-9-5-3-6-9/h2-7H2,1H3. The molecule has 0 saturated carbocycles. The first kappa shape index (κ1) is 7.73. The highest BCUT2D eigenvalue weighted by Crippen LogP contribution is 2.05. The zero-order chi connectivity index (χ0) is 7.40. The van der Waals surface area contributed by atoms with Gasteiger partial charge < -0.3 is 0 Å². The van der Waals surface area contributed by atoms with Crippen LogP contribution in [0.1, 0.15) is 26.2 Å². The second-order valence-electron chi connectivity index (χ2n) is 2.92. The summed E-state index contributed by atoms with van der Waals surface area (Å²) < 4.78 is 0. The van der Waals surface area contributed by atoms with Crippen LogP contribution in [0.5, 0.6) is 0 Å². The number of carbonyl (C=O) groups is 1. The first-order valence-electron chi connectivity index (χ1n) is 4.07. The largest absolute Gasteiger partial charge is 0.298 e. The summed E-state index contributed by atoms with van der Waals surface area (Å²) in [5.74, 6) is 0.405. The lowest BCUT2D eigenvalue weighted by molar-refractivity contribution is -0.121. The number of carbonyl (C=O) groups excluding carboxylic acids is 1. The maximum atomic E-state index is 11.0. The molecule has 1 saturated heterocycles. The molecular weight excluding hydrogens is 126 g/mol. The van der Waals surface area contributed by atoms with Gasteiger partial charge in [0.1, 0.15) is 5.78 Å². The van der Waals surface area contributed by atoms with Gasteiger partial charge in [-0.05, 0) is 25.9 Å². The minimum absolute atomic E-state index is 0.405. The predicted molar refractivity (Wildman–Crippen MR) is 41.0 cm³/mol. The molecule has 1 rings (SSSR count). The number of likely N-dealkylation sites (tertiary alicyclic amines) is 1. The lowest BCUT2D eigenvalue weighted by Gasteiger charge is -2.29. The van der Waals surface area contributed by atoms with E-state index in [9.17, 15) is 4.79 Å². The number of nitrogens with zero attached hydrogens (tertiary/aromatic N) is 1. The number of Topliss-reactive ketones (excluding diaryl/α,β-unsaturated/α-hetero) is 1. The van der Waals surface area contributed by atoms with Crippen LogP contribution in [0, 0.1) is 0 Å². The van der Waals surface area contributed by atoms with Crippen molar-refractivity contribution < 1.29 is 4.79 Å². The summed E-state index contributed by atoms with van der Waals surface area (Å²) in [5, 5.41) is 0. The molecule has 0 amide bonds. The fraction of sp³-hybridized carbons (Fsp3) is 0.875. The smallest absolute Gasteiger partial charge is 0.146 e. The molecule has 1 aliphatic heterocycles. The molecule has 0 bridgehead atoms. The molecule has 0 radical (unpaired) electrons. The van der Waals surface area contributed by atoms with Crippen molar-refractivity contribution in [2.45, 2.75) is 26.2 Å². The summed E-state index contributed by atoms with van der Waals surface area (Å²) in [5.41, 5.74) is 0. The molecule has 0 aliphatic carbocycles. The van der Waals surface area contributed by atoms with Crippen molar-refractivity contribution in [2.24, 2.45) is 0 Å². The topological polar surface area (TPSA) is 20.3 Å². The molecule has 2 heteroatoms. The van der Waals surface area contributed by atoms with Gasteiger partial charge in [-0.15, -0.1) is 0 Å². The average molecular weight is 141 g/mol. The minimum atomic E-state index is 0.405. The Bertz CT molecular complexity index is 118. The summed E-state index contributed by atoms with van der Waals surface area (Å²) >= 11 is 0. The van der Waals surface area contributed by atoms with E-state index in [1.807, 2.05) is 6.92 Å². The second-order valence-corrected chi connectivity index (χ2v) is 2.92. The third kappa shape index (κ3) is 2.10. The van der Waals surface area contributed by atoms with Gasteiger partial charge in [-0.3, -0.25) is 9.69 Å². The third-order valence-corrected chi connectivity index (χ3v) is 1.88. The van der Waals surface area contributed by atoms with Crippen LogP contribution in [-0.2, 0) is 4.79 Å². The van der Waals surface area contributed by atoms with E-state index in [2.05, 4.69) is 4.90 Å². The van der Waals surface area contributed by atoms with E-state index in [1.165, 1.54) is 6.42 Å². The molecule has 0 aromatic carbocycles.